The normalized spacial score (nSPS) is 17.8. The minimum atomic E-state index is -0.919. The monoisotopic (exact) mass is 451 g/mol. The SMILES string of the molecule is CCOc1cc(/C(O)=C2/C(=O)C(=O)N(c3ccc(C)cc3)C2c2ccc(C)o2)ccc1Cl. The molecule has 3 aromatic rings. The smallest absolute Gasteiger partial charge is 0.300 e. The van der Waals surface area contributed by atoms with Crippen LogP contribution in [0.2, 0.25) is 5.02 Å². The number of carbonyl (C=O) groups excluding carboxylic acids is 2. The van der Waals surface area contributed by atoms with Crippen LogP contribution in [0.5, 0.6) is 5.75 Å². The van der Waals surface area contributed by atoms with Crippen molar-refractivity contribution in [2.24, 2.45) is 0 Å². The molecule has 6 nitrogen and oxygen atoms in total. The first kappa shape index (κ1) is 21.7. The molecule has 2 aromatic carbocycles. The van der Waals surface area contributed by atoms with Crippen molar-refractivity contribution in [3.8, 4) is 5.75 Å². The number of amides is 1. The largest absolute Gasteiger partial charge is 0.507 e. The number of ether oxygens (including phenoxy) is 1. The Balaban J connectivity index is 1.91. The Kier molecular flexibility index (Phi) is 5.80. The molecule has 0 bridgehead atoms. The van der Waals surface area contributed by atoms with E-state index in [2.05, 4.69) is 0 Å². The molecule has 32 heavy (non-hydrogen) atoms. The third kappa shape index (κ3) is 3.78. The van der Waals surface area contributed by atoms with Crippen LogP contribution in [0.1, 0.15) is 35.6 Å². The lowest BCUT2D eigenvalue weighted by molar-refractivity contribution is -0.132. The third-order valence-electron chi connectivity index (χ3n) is 5.29. The van der Waals surface area contributed by atoms with E-state index in [0.29, 0.717) is 40.2 Å². The van der Waals surface area contributed by atoms with Crippen LogP contribution in [0.15, 0.2) is 64.6 Å². The Hall–Kier alpha value is -3.51. The van der Waals surface area contributed by atoms with Gasteiger partial charge in [-0.2, -0.15) is 0 Å². The molecule has 1 saturated heterocycles. The van der Waals surface area contributed by atoms with E-state index in [1.54, 1.807) is 49.4 Å². The van der Waals surface area contributed by atoms with E-state index >= 15 is 0 Å². The van der Waals surface area contributed by atoms with E-state index in [0.717, 1.165) is 5.56 Å². The van der Waals surface area contributed by atoms with Gasteiger partial charge in [0.15, 0.2) is 0 Å². The van der Waals surface area contributed by atoms with Gasteiger partial charge >= 0.3 is 0 Å². The van der Waals surface area contributed by atoms with E-state index in [9.17, 15) is 14.7 Å². The average Bonchev–Trinajstić information content (AvgIpc) is 3.31. The molecule has 164 valence electrons. The number of nitrogens with zero attached hydrogens (tertiary/aromatic N) is 1. The molecule has 0 aliphatic carbocycles. The fraction of sp³-hybridized carbons (Fsp3) is 0.200. The van der Waals surface area contributed by atoms with Crippen molar-refractivity contribution in [2.45, 2.75) is 26.8 Å². The van der Waals surface area contributed by atoms with Gasteiger partial charge in [0.25, 0.3) is 11.7 Å². The molecule has 1 unspecified atom stereocenters. The number of aliphatic hydroxyl groups is 1. The van der Waals surface area contributed by atoms with Crippen molar-refractivity contribution in [1.29, 1.82) is 0 Å². The first-order valence-electron chi connectivity index (χ1n) is 10.2. The number of rotatable bonds is 5. The molecular weight excluding hydrogens is 430 g/mol. The molecule has 1 atom stereocenters. The molecule has 2 heterocycles. The van der Waals surface area contributed by atoms with Crippen LogP contribution in [0.25, 0.3) is 5.76 Å². The highest BCUT2D eigenvalue weighted by molar-refractivity contribution is 6.51. The van der Waals surface area contributed by atoms with E-state index in [1.165, 1.54) is 4.90 Å². The van der Waals surface area contributed by atoms with Crippen LogP contribution in [0, 0.1) is 13.8 Å². The number of furan rings is 1. The van der Waals surface area contributed by atoms with Gasteiger partial charge in [-0.25, -0.2) is 0 Å². The molecule has 4 rings (SSSR count). The van der Waals surface area contributed by atoms with Gasteiger partial charge in [-0.3, -0.25) is 14.5 Å². The van der Waals surface area contributed by atoms with Crippen LogP contribution in [-0.4, -0.2) is 23.4 Å². The van der Waals surface area contributed by atoms with Crippen molar-refractivity contribution >= 4 is 34.7 Å². The number of hydrogen-bond donors (Lipinski definition) is 1. The zero-order chi connectivity index (χ0) is 23.0. The van der Waals surface area contributed by atoms with Gasteiger partial charge in [0.05, 0.1) is 17.2 Å². The molecule has 0 spiro atoms. The Bertz CT molecular complexity index is 1230. The van der Waals surface area contributed by atoms with Gasteiger partial charge in [-0.05, 0) is 63.2 Å². The number of aryl methyl sites for hydroxylation is 2. The standard InChI is InChI=1S/C25H22ClNO5/c1-4-31-20-13-16(8-11-18(20)26)23(28)21-22(19-12-7-15(3)32-19)27(25(30)24(21)29)17-9-5-14(2)6-10-17/h5-13,22,28H,4H2,1-3H3/b23-21-. The van der Waals surface area contributed by atoms with Gasteiger partial charge in [-0.15, -0.1) is 0 Å². The van der Waals surface area contributed by atoms with Crippen LogP contribution in [-0.2, 0) is 9.59 Å². The summed E-state index contributed by atoms with van der Waals surface area (Å²) in [4.78, 5) is 27.6. The number of anilines is 1. The molecule has 0 radical (unpaired) electrons. The third-order valence-corrected chi connectivity index (χ3v) is 5.60. The predicted octanol–water partition coefficient (Wildman–Crippen LogP) is 5.57. The number of hydrogen-bond acceptors (Lipinski definition) is 5. The highest BCUT2D eigenvalue weighted by Crippen LogP contribution is 2.43. The molecular formula is C25H22ClNO5. The Morgan fingerprint density at radius 2 is 1.81 bits per heavy atom. The van der Waals surface area contributed by atoms with Crippen LogP contribution in [0.4, 0.5) is 5.69 Å². The van der Waals surface area contributed by atoms with Crippen molar-refractivity contribution in [3.63, 3.8) is 0 Å². The van der Waals surface area contributed by atoms with Gasteiger partial charge in [0.1, 0.15) is 29.1 Å². The minimum absolute atomic E-state index is 0.0605. The fourth-order valence-electron chi connectivity index (χ4n) is 3.75. The predicted molar refractivity (Wildman–Crippen MR) is 122 cm³/mol. The second-order valence-corrected chi connectivity index (χ2v) is 7.94. The van der Waals surface area contributed by atoms with E-state index in [-0.39, 0.29) is 11.3 Å². The van der Waals surface area contributed by atoms with Crippen molar-refractivity contribution in [3.05, 3.63) is 87.8 Å². The second-order valence-electron chi connectivity index (χ2n) is 7.53. The fourth-order valence-corrected chi connectivity index (χ4v) is 3.92. The Morgan fingerprint density at radius 1 is 1.09 bits per heavy atom. The Morgan fingerprint density at radius 3 is 2.44 bits per heavy atom. The number of carbonyl (C=O) groups is 2. The minimum Gasteiger partial charge on any atom is -0.507 e. The first-order valence-corrected chi connectivity index (χ1v) is 10.6. The van der Waals surface area contributed by atoms with Gasteiger partial charge in [0, 0.05) is 11.3 Å². The van der Waals surface area contributed by atoms with Crippen molar-refractivity contribution in [1.82, 2.24) is 0 Å². The lowest BCUT2D eigenvalue weighted by Crippen LogP contribution is -2.29. The maximum atomic E-state index is 13.1. The molecule has 1 aromatic heterocycles. The van der Waals surface area contributed by atoms with E-state index < -0.39 is 17.7 Å². The molecule has 1 N–H and O–H groups in total. The molecule has 7 heteroatoms. The van der Waals surface area contributed by atoms with Gasteiger partial charge in [-0.1, -0.05) is 29.3 Å². The summed E-state index contributed by atoms with van der Waals surface area (Å²) in [5, 5.41) is 11.6. The summed E-state index contributed by atoms with van der Waals surface area (Å²) < 4.78 is 11.3. The summed E-state index contributed by atoms with van der Waals surface area (Å²) in [6, 6.07) is 14.5. The molecule has 1 fully saturated rings. The molecule has 0 saturated carbocycles. The number of aliphatic hydroxyl groups excluding tert-OH is 1. The summed E-state index contributed by atoms with van der Waals surface area (Å²) in [6.07, 6.45) is 0. The van der Waals surface area contributed by atoms with Gasteiger partial charge in [0.2, 0.25) is 0 Å². The van der Waals surface area contributed by atoms with Crippen molar-refractivity contribution < 1.29 is 23.8 Å². The second kappa shape index (κ2) is 8.55. The first-order chi connectivity index (χ1) is 15.3. The number of halogens is 1. The van der Waals surface area contributed by atoms with Crippen LogP contribution < -0.4 is 9.64 Å². The zero-order valence-electron chi connectivity index (χ0n) is 17.9. The van der Waals surface area contributed by atoms with Crippen molar-refractivity contribution in [2.75, 3.05) is 11.5 Å². The summed E-state index contributed by atoms with van der Waals surface area (Å²) in [5.41, 5.74) is 1.80. The summed E-state index contributed by atoms with van der Waals surface area (Å²) in [6.45, 7) is 5.90. The lowest BCUT2D eigenvalue weighted by atomic mass is 9.99. The topological polar surface area (TPSA) is 80.0 Å². The van der Waals surface area contributed by atoms with Gasteiger partial charge < -0.3 is 14.3 Å². The number of benzene rings is 2. The number of Topliss-reactive ketones (excluding diaryl/α,β-unsaturated/α-hetero) is 1. The highest BCUT2D eigenvalue weighted by Gasteiger charge is 2.48. The number of ketones is 1. The molecule has 1 aliphatic rings. The summed E-state index contributed by atoms with van der Waals surface area (Å²) >= 11 is 6.17. The quantitative estimate of drug-likeness (QED) is 0.311. The zero-order valence-corrected chi connectivity index (χ0v) is 18.6. The highest BCUT2D eigenvalue weighted by atomic mass is 35.5. The van der Waals surface area contributed by atoms with E-state index in [1.807, 2.05) is 26.0 Å². The van der Waals surface area contributed by atoms with Crippen LogP contribution in [0.3, 0.4) is 0 Å². The maximum Gasteiger partial charge on any atom is 0.300 e. The Labute approximate surface area is 190 Å². The van der Waals surface area contributed by atoms with Crippen LogP contribution >= 0.6 is 11.6 Å². The molecule has 1 aliphatic heterocycles. The van der Waals surface area contributed by atoms with E-state index in [4.69, 9.17) is 20.8 Å². The molecule has 1 amide bonds. The summed E-state index contributed by atoms with van der Waals surface area (Å²) in [5.74, 6) is -0.489. The lowest BCUT2D eigenvalue weighted by Gasteiger charge is -2.23. The maximum absolute atomic E-state index is 13.1. The summed E-state index contributed by atoms with van der Waals surface area (Å²) in [7, 11) is 0. The average molecular weight is 452 g/mol.